The van der Waals surface area contributed by atoms with E-state index in [-0.39, 0.29) is 17.3 Å². The van der Waals surface area contributed by atoms with E-state index in [0.29, 0.717) is 17.0 Å². The highest BCUT2D eigenvalue weighted by Gasteiger charge is 2.14. The summed E-state index contributed by atoms with van der Waals surface area (Å²) in [6.45, 7) is 2.92. The molecule has 0 saturated heterocycles. The number of ether oxygens (including phenoxy) is 1. The number of carbonyl (C=O) groups excluding carboxylic acids is 3. The van der Waals surface area contributed by atoms with Gasteiger partial charge in [-0.1, -0.05) is 6.07 Å². The first-order valence-corrected chi connectivity index (χ1v) is 7.98. The minimum Gasteiger partial charge on any atom is -0.454 e. The van der Waals surface area contributed by atoms with Crippen molar-refractivity contribution >= 4 is 29.0 Å². The first-order chi connectivity index (χ1) is 11.4. The van der Waals surface area contributed by atoms with Crippen LogP contribution >= 0.6 is 11.3 Å². The van der Waals surface area contributed by atoms with E-state index in [1.165, 1.54) is 30.4 Å². The van der Waals surface area contributed by atoms with Gasteiger partial charge in [0.25, 0.3) is 0 Å². The van der Waals surface area contributed by atoms with Crippen molar-refractivity contribution in [3.63, 3.8) is 0 Å². The average molecular weight is 349 g/mol. The van der Waals surface area contributed by atoms with Crippen LogP contribution in [0.3, 0.4) is 0 Å². The maximum atomic E-state index is 13.4. The smallest absolute Gasteiger partial charge is 0.338 e. The molecule has 0 atom stereocenters. The molecule has 0 unspecified atom stereocenters. The molecule has 2 rings (SSSR count). The largest absolute Gasteiger partial charge is 0.454 e. The summed E-state index contributed by atoms with van der Waals surface area (Å²) >= 11 is 1.22. The molecule has 24 heavy (non-hydrogen) atoms. The van der Waals surface area contributed by atoms with E-state index in [4.69, 9.17) is 4.74 Å². The predicted octanol–water partition coefficient (Wildman–Crippen LogP) is 2.87. The maximum Gasteiger partial charge on any atom is 0.338 e. The van der Waals surface area contributed by atoms with E-state index in [1.54, 1.807) is 19.1 Å². The Labute approximate surface area is 142 Å². The van der Waals surface area contributed by atoms with Crippen LogP contribution in [0.1, 0.15) is 37.4 Å². The molecule has 0 saturated carbocycles. The van der Waals surface area contributed by atoms with Gasteiger partial charge in [-0.2, -0.15) is 0 Å². The van der Waals surface area contributed by atoms with E-state index >= 15 is 0 Å². The van der Waals surface area contributed by atoms with E-state index < -0.39 is 18.4 Å². The van der Waals surface area contributed by atoms with Gasteiger partial charge in [0.1, 0.15) is 5.82 Å². The number of nitrogens with one attached hydrogen (secondary N) is 1. The fraction of sp³-hybridized carbons (Fsp3) is 0.235. The third-order valence-corrected chi connectivity index (χ3v) is 4.32. The Balaban J connectivity index is 1.91. The van der Waals surface area contributed by atoms with E-state index in [2.05, 4.69) is 5.32 Å². The third kappa shape index (κ3) is 4.73. The molecule has 1 aromatic heterocycles. The third-order valence-electron chi connectivity index (χ3n) is 3.19. The summed E-state index contributed by atoms with van der Waals surface area (Å²) in [7, 11) is 0. The van der Waals surface area contributed by atoms with Gasteiger partial charge in [0.05, 0.1) is 17.0 Å². The molecule has 5 nitrogen and oxygen atoms in total. The minimum atomic E-state index is -0.753. The summed E-state index contributed by atoms with van der Waals surface area (Å²) in [5.74, 6) is -1.76. The fourth-order valence-corrected chi connectivity index (χ4v) is 2.71. The van der Waals surface area contributed by atoms with Gasteiger partial charge < -0.3 is 10.1 Å². The van der Waals surface area contributed by atoms with Crippen molar-refractivity contribution in [2.24, 2.45) is 0 Å². The molecule has 126 valence electrons. The van der Waals surface area contributed by atoms with Crippen LogP contribution in [0.5, 0.6) is 0 Å². The van der Waals surface area contributed by atoms with Gasteiger partial charge in [0, 0.05) is 11.8 Å². The fourth-order valence-electron chi connectivity index (χ4n) is 1.84. The van der Waals surface area contributed by atoms with Crippen molar-refractivity contribution in [3.8, 4) is 0 Å². The van der Waals surface area contributed by atoms with Crippen molar-refractivity contribution in [3.05, 3.63) is 57.0 Å². The van der Waals surface area contributed by atoms with E-state index in [1.807, 2.05) is 0 Å². The number of benzene rings is 1. The number of hydrogen-bond donors (Lipinski definition) is 1. The highest BCUT2D eigenvalue weighted by atomic mass is 32.1. The van der Waals surface area contributed by atoms with Crippen molar-refractivity contribution in [2.75, 3.05) is 6.61 Å². The Morgan fingerprint density at radius 2 is 1.96 bits per heavy atom. The van der Waals surface area contributed by atoms with Crippen LogP contribution in [0.15, 0.2) is 30.3 Å². The number of hydrogen-bond acceptors (Lipinski definition) is 5. The zero-order valence-electron chi connectivity index (χ0n) is 13.2. The summed E-state index contributed by atoms with van der Waals surface area (Å²) in [5, 5.41) is 2.63. The second-order valence-electron chi connectivity index (χ2n) is 5.14. The van der Waals surface area contributed by atoms with Gasteiger partial charge in [0.15, 0.2) is 6.61 Å². The average Bonchev–Trinajstić information content (AvgIpc) is 3.02. The lowest BCUT2D eigenvalue weighted by molar-refractivity contribution is -0.119. The van der Waals surface area contributed by atoms with Crippen LogP contribution in [0.25, 0.3) is 0 Å². The highest BCUT2D eigenvalue weighted by molar-refractivity contribution is 7.14. The van der Waals surface area contributed by atoms with Crippen LogP contribution in [-0.4, -0.2) is 24.3 Å². The summed E-state index contributed by atoms with van der Waals surface area (Å²) in [6, 6.07) is 7.34. The zero-order chi connectivity index (χ0) is 17.7. The molecule has 1 N–H and O–H groups in total. The molecule has 0 bridgehead atoms. The standard InChI is InChI=1S/C17H16FNO4S/c1-10-3-4-12(7-14(10)18)17(22)23-9-15(21)16-6-5-13(24-16)8-19-11(2)20/h3-7H,8-9H2,1-2H3,(H,19,20). The molecule has 0 aliphatic carbocycles. The quantitative estimate of drug-likeness (QED) is 0.643. The molecule has 0 aliphatic heterocycles. The number of rotatable bonds is 6. The van der Waals surface area contributed by atoms with Crippen LogP contribution in [0.4, 0.5) is 4.39 Å². The van der Waals surface area contributed by atoms with Gasteiger partial charge in [-0.3, -0.25) is 9.59 Å². The van der Waals surface area contributed by atoms with Crippen molar-refractivity contribution in [1.82, 2.24) is 5.32 Å². The number of amides is 1. The van der Waals surface area contributed by atoms with Gasteiger partial charge in [-0.15, -0.1) is 11.3 Å². The number of carbonyl (C=O) groups is 3. The SMILES string of the molecule is CC(=O)NCc1ccc(C(=O)COC(=O)c2ccc(C)c(F)c2)s1. The summed E-state index contributed by atoms with van der Waals surface area (Å²) < 4.78 is 18.4. The number of Topliss-reactive ketones (excluding diaryl/α,β-unsaturated/α-hetero) is 1. The van der Waals surface area contributed by atoms with Crippen molar-refractivity contribution < 1.29 is 23.5 Å². The van der Waals surface area contributed by atoms with Crippen molar-refractivity contribution in [1.29, 1.82) is 0 Å². The van der Waals surface area contributed by atoms with Gasteiger partial charge >= 0.3 is 5.97 Å². The second kappa shape index (κ2) is 7.83. The normalized spacial score (nSPS) is 10.3. The maximum absolute atomic E-state index is 13.4. The predicted molar refractivity (Wildman–Crippen MR) is 87.6 cm³/mol. The molecule has 7 heteroatoms. The van der Waals surface area contributed by atoms with Crippen molar-refractivity contribution in [2.45, 2.75) is 20.4 Å². The van der Waals surface area contributed by atoms with E-state index in [9.17, 15) is 18.8 Å². The molecule has 2 aromatic rings. The zero-order valence-corrected chi connectivity index (χ0v) is 14.0. The molecule has 1 aromatic carbocycles. The van der Waals surface area contributed by atoms with Crippen LogP contribution in [0, 0.1) is 12.7 Å². The molecule has 1 amide bonds. The monoisotopic (exact) mass is 349 g/mol. The van der Waals surface area contributed by atoms with E-state index in [0.717, 1.165) is 10.9 Å². The number of halogens is 1. The number of ketones is 1. The van der Waals surface area contributed by atoms with Crippen LogP contribution in [-0.2, 0) is 16.1 Å². The molecule has 0 fully saturated rings. The lowest BCUT2D eigenvalue weighted by atomic mass is 10.1. The Hall–Kier alpha value is -2.54. The summed E-state index contributed by atoms with van der Waals surface area (Å²) in [4.78, 5) is 36.0. The molecule has 0 aliphatic rings. The Bertz CT molecular complexity index is 785. The first kappa shape index (κ1) is 17.8. The Morgan fingerprint density at radius 1 is 1.21 bits per heavy atom. The van der Waals surface area contributed by atoms with Crippen LogP contribution < -0.4 is 5.32 Å². The summed E-state index contributed by atoms with van der Waals surface area (Å²) in [6.07, 6.45) is 0. The molecular weight excluding hydrogens is 333 g/mol. The number of esters is 1. The molecule has 0 spiro atoms. The minimum absolute atomic E-state index is 0.0587. The van der Waals surface area contributed by atoms with Gasteiger partial charge in [-0.25, -0.2) is 9.18 Å². The molecular formula is C17H16FNO4S. The Morgan fingerprint density at radius 3 is 2.62 bits per heavy atom. The summed E-state index contributed by atoms with van der Waals surface area (Å²) in [5.41, 5.74) is 0.483. The Kier molecular flexibility index (Phi) is 5.81. The lowest BCUT2D eigenvalue weighted by Crippen LogP contribution is -2.18. The van der Waals surface area contributed by atoms with Crippen LogP contribution in [0.2, 0.25) is 0 Å². The number of aryl methyl sites for hydroxylation is 1. The molecule has 0 radical (unpaired) electrons. The van der Waals surface area contributed by atoms with Gasteiger partial charge in [0.2, 0.25) is 11.7 Å². The highest BCUT2D eigenvalue weighted by Crippen LogP contribution is 2.17. The molecule has 1 heterocycles. The first-order valence-electron chi connectivity index (χ1n) is 7.16. The van der Waals surface area contributed by atoms with Gasteiger partial charge in [-0.05, 0) is 36.8 Å². The number of thiophene rings is 1. The second-order valence-corrected chi connectivity index (χ2v) is 6.31. The topological polar surface area (TPSA) is 72.5 Å². The lowest BCUT2D eigenvalue weighted by Gasteiger charge is -2.04.